The van der Waals surface area contributed by atoms with Gasteiger partial charge in [-0.1, -0.05) is 13.3 Å². The molecule has 0 aromatic heterocycles. The third-order valence-electron chi connectivity index (χ3n) is 3.43. The Hall–Kier alpha value is -1.11. The summed E-state index contributed by atoms with van der Waals surface area (Å²) in [6.07, 6.45) is 1.73. The first kappa shape index (κ1) is 16.9. The number of rotatable bonds is 7. The first-order valence-electron chi connectivity index (χ1n) is 6.64. The minimum absolute atomic E-state index is 0.0651. The van der Waals surface area contributed by atoms with Crippen LogP contribution in [0.25, 0.3) is 0 Å². The fourth-order valence-corrected chi connectivity index (χ4v) is 3.48. The van der Waals surface area contributed by atoms with Crippen molar-refractivity contribution in [3.05, 3.63) is 23.8 Å². The monoisotopic (exact) mass is 301 g/mol. The van der Waals surface area contributed by atoms with E-state index in [1.54, 1.807) is 13.1 Å². The molecule has 1 unspecified atom stereocenters. The predicted octanol–water partition coefficient (Wildman–Crippen LogP) is 2.00. The van der Waals surface area contributed by atoms with E-state index < -0.39 is 10.0 Å². The Bertz CT molecular complexity index is 542. The summed E-state index contributed by atoms with van der Waals surface area (Å²) in [7, 11) is -0.485. The molecule has 1 atom stereocenters. The topological polar surface area (TPSA) is 66.8 Å². The van der Waals surface area contributed by atoms with Gasteiger partial charge in [0.15, 0.2) is 0 Å². The number of methoxy groups -OCH3 is 1. The van der Waals surface area contributed by atoms with E-state index in [0.29, 0.717) is 11.3 Å². The lowest BCUT2D eigenvalue weighted by Crippen LogP contribution is -2.35. The lowest BCUT2D eigenvalue weighted by atomic mass is 10.2. The van der Waals surface area contributed by atoms with Crippen LogP contribution in [0.5, 0.6) is 5.75 Å². The number of hydrogen-bond acceptors (Lipinski definition) is 4. The summed E-state index contributed by atoms with van der Waals surface area (Å²) in [5.41, 5.74) is 0.463. The molecule has 6 heteroatoms. The summed E-state index contributed by atoms with van der Waals surface area (Å²) in [4.78, 5) is 0.174. The van der Waals surface area contributed by atoms with Crippen molar-refractivity contribution in [1.29, 1.82) is 0 Å². The molecule has 0 saturated carbocycles. The highest BCUT2D eigenvalue weighted by Crippen LogP contribution is 2.25. The van der Waals surface area contributed by atoms with Gasteiger partial charge >= 0.3 is 0 Å². The van der Waals surface area contributed by atoms with Gasteiger partial charge in [-0.15, -0.1) is 0 Å². The Morgan fingerprint density at radius 1 is 1.40 bits per heavy atom. The highest BCUT2D eigenvalue weighted by atomic mass is 32.2. The SMILES string of the molecule is CCCC(C)N(C)S(=O)(=O)c1ccc(OC)c(CO)c1. The molecule has 0 saturated heterocycles. The van der Waals surface area contributed by atoms with Crippen LogP contribution in [0.1, 0.15) is 32.3 Å². The predicted molar refractivity (Wildman–Crippen MR) is 78.2 cm³/mol. The number of aliphatic hydroxyl groups is 1. The highest BCUT2D eigenvalue weighted by molar-refractivity contribution is 7.89. The number of benzene rings is 1. The molecule has 1 N–H and O–H groups in total. The van der Waals surface area contributed by atoms with E-state index in [4.69, 9.17) is 4.74 Å². The smallest absolute Gasteiger partial charge is 0.243 e. The van der Waals surface area contributed by atoms with Crippen molar-refractivity contribution < 1.29 is 18.3 Å². The average Bonchev–Trinajstić information content (AvgIpc) is 2.45. The summed E-state index contributed by atoms with van der Waals surface area (Å²) in [5, 5.41) is 9.28. The molecule has 0 aliphatic carbocycles. The number of ether oxygens (including phenoxy) is 1. The molecule has 0 bridgehead atoms. The van der Waals surface area contributed by atoms with E-state index in [9.17, 15) is 13.5 Å². The molecule has 0 fully saturated rings. The molecule has 0 heterocycles. The summed E-state index contributed by atoms with van der Waals surface area (Å²) in [5.74, 6) is 0.482. The number of sulfonamides is 1. The van der Waals surface area contributed by atoms with Crippen molar-refractivity contribution in [3.8, 4) is 5.75 Å². The van der Waals surface area contributed by atoms with Crippen LogP contribution in [-0.2, 0) is 16.6 Å². The van der Waals surface area contributed by atoms with Crippen LogP contribution in [0.2, 0.25) is 0 Å². The summed E-state index contributed by atoms with van der Waals surface area (Å²) >= 11 is 0. The molecule has 114 valence electrons. The van der Waals surface area contributed by atoms with Crippen LogP contribution in [0.4, 0.5) is 0 Å². The van der Waals surface area contributed by atoms with Gasteiger partial charge in [0.05, 0.1) is 18.6 Å². The second kappa shape index (κ2) is 7.06. The molecule has 1 aromatic rings. The molecular formula is C14H23NO4S. The zero-order valence-corrected chi connectivity index (χ0v) is 13.3. The molecule has 0 aliphatic heterocycles. The van der Waals surface area contributed by atoms with Crippen molar-refractivity contribution in [2.45, 2.75) is 44.2 Å². The maximum atomic E-state index is 12.5. The van der Waals surface area contributed by atoms with Crippen LogP contribution < -0.4 is 4.74 Å². The molecule has 0 spiro atoms. The third kappa shape index (κ3) is 3.50. The van der Waals surface area contributed by atoms with Crippen LogP contribution in [0.3, 0.4) is 0 Å². The second-order valence-corrected chi connectivity index (χ2v) is 6.79. The minimum Gasteiger partial charge on any atom is -0.496 e. The first-order chi connectivity index (χ1) is 9.38. The van der Waals surface area contributed by atoms with Gasteiger partial charge in [0.1, 0.15) is 5.75 Å². The molecular weight excluding hydrogens is 278 g/mol. The zero-order chi connectivity index (χ0) is 15.3. The first-order valence-corrected chi connectivity index (χ1v) is 8.08. The van der Waals surface area contributed by atoms with Gasteiger partial charge in [-0.2, -0.15) is 4.31 Å². The standard InChI is InChI=1S/C14H23NO4S/c1-5-6-11(2)15(3)20(17,18)13-7-8-14(19-4)12(9-13)10-16/h7-9,11,16H,5-6,10H2,1-4H3. The average molecular weight is 301 g/mol. The van der Waals surface area contributed by atoms with Crippen LogP contribution >= 0.6 is 0 Å². The Morgan fingerprint density at radius 3 is 2.55 bits per heavy atom. The van der Waals surface area contributed by atoms with E-state index in [2.05, 4.69) is 0 Å². The largest absolute Gasteiger partial charge is 0.496 e. The van der Waals surface area contributed by atoms with Crippen molar-refractivity contribution in [3.63, 3.8) is 0 Å². The van der Waals surface area contributed by atoms with Gasteiger partial charge in [0.2, 0.25) is 10.0 Å². The zero-order valence-electron chi connectivity index (χ0n) is 12.5. The summed E-state index contributed by atoms with van der Waals surface area (Å²) in [6.45, 7) is 3.65. The van der Waals surface area contributed by atoms with Crippen LogP contribution in [0, 0.1) is 0 Å². The summed E-state index contributed by atoms with van der Waals surface area (Å²) < 4.78 is 31.5. The van der Waals surface area contributed by atoms with Crippen molar-refractivity contribution in [1.82, 2.24) is 4.31 Å². The van der Waals surface area contributed by atoms with Gasteiger partial charge in [-0.3, -0.25) is 0 Å². The Morgan fingerprint density at radius 2 is 2.05 bits per heavy atom. The van der Waals surface area contributed by atoms with Crippen molar-refractivity contribution >= 4 is 10.0 Å². The molecule has 1 rings (SSSR count). The van der Waals surface area contributed by atoms with E-state index >= 15 is 0 Å². The highest BCUT2D eigenvalue weighted by Gasteiger charge is 2.25. The van der Waals surface area contributed by atoms with Crippen molar-refractivity contribution in [2.24, 2.45) is 0 Å². The Kier molecular flexibility index (Phi) is 5.98. The lowest BCUT2D eigenvalue weighted by Gasteiger charge is -2.24. The quantitative estimate of drug-likeness (QED) is 0.836. The van der Waals surface area contributed by atoms with Crippen LogP contribution in [0.15, 0.2) is 23.1 Å². The van der Waals surface area contributed by atoms with Crippen molar-refractivity contribution in [2.75, 3.05) is 14.2 Å². The van der Waals surface area contributed by atoms with Gasteiger partial charge in [0, 0.05) is 18.7 Å². The molecule has 0 amide bonds. The maximum Gasteiger partial charge on any atom is 0.243 e. The van der Waals surface area contributed by atoms with E-state index in [-0.39, 0.29) is 17.5 Å². The maximum absolute atomic E-state index is 12.5. The van der Waals surface area contributed by atoms with Gasteiger partial charge in [-0.25, -0.2) is 8.42 Å². The minimum atomic E-state index is -3.55. The normalized spacial score (nSPS) is 13.5. The number of hydrogen-bond donors (Lipinski definition) is 1. The lowest BCUT2D eigenvalue weighted by molar-refractivity contribution is 0.273. The van der Waals surface area contributed by atoms with Gasteiger partial charge < -0.3 is 9.84 Å². The van der Waals surface area contributed by atoms with Crippen LogP contribution in [-0.4, -0.2) is 38.0 Å². The van der Waals surface area contributed by atoms with E-state index in [0.717, 1.165) is 12.8 Å². The molecule has 0 radical (unpaired) electrons. The molecule has 20 heavy (non-hydrogen) atoms. The fraction of sp³-hybridized carbons (Fsp3) is 0.571. The fourth-order valence-electron chi connectivity index (χ4n) is 2.04. The molecule has 0 aliphatic rings. The van der Waals surface area contributed by atoms with E-state index in [1.807, 2.05) is 13.8 Å². The number of nitrogens with zero attached hydrogens (tertiary/aromatic N) is 1. The second-order valence-electron chi connectivity index (χ2n) is 4.79. The molecule has 1 aromatic carbocycles. The van der Waals surface area contributed by atoms with E-state index in [1.165, 1.54) is 23.5 Å². The third-order valence-corrected chi connectivity index (χ3v) is 5.39. The van der Waals surface area contributed by atoms with Gasteiger partial charge in [0.25, 0.3) is 0 Å². The molecule has 5 nitrogen and oxygen atoms in total. The summed E-state index contributed by atoms with van der Waals surface area (Å²) in [6, 6.07) is 4.47. The number of aliphatic hydroxyl groups excluding tert-OH is 1. The Balaban J connectivity index is 3.15. The van der Waals surface area contributed by atoms with Gasteiger partial charge in [-0.05, 0) is 31.5 Å². The Labute approximate surface area is 121 Å².